The van der Waals surface area contributed by atoms with E-state index in [9.17, 15) is 18.4 Å². The number of benzene rings is 1. The fraction of sp³-hybridized carbons (Fsp3) is 0.333. The lowest BCUT2D eigenvalue weighted by Crippen LogP contribution is -2.39. The number of aryl methyl sites for hydroxylation is 1. The van der Waals surface area contributed by atoms with Crippen molar-refractivity contribution in [2.45, 2.75) is 38.7 Å². The van der Waals surface area contributed by atoms with Crippen LogP contribution in [0.2, 0.25) is 0 Å². The molecule has 1 saturated heterocycles. The lowest BCUT2D eigenvalue weighted by atomic mass is 10.1. The minimum Gasteiger partial charge on any atom is -0.487 e. The SMILES string of the molecule is COc1ncccc1C(=O)Nc1cc(CCC(C)=O)cnc1N1CCC(Oc2ccc(F)cc2F)CC1. The van der Waals surface area contributed by atoms with Gasteiger partial charge < -0.3 is 24.5 Å². The van der Waals surface area contributed by atoms with Gasteiger partial charge in [-0.05, 0) is 49.2 Å². The summed E-state index contributed by atoms with van der Waals surface area (Å²) in [6.45, 7) is 2.63. The highest BCUT2D eigenvalue weighted by molar-refractivity contribution is 6.07. The lowest BCUT2D eigenvalue weighted by Gasteiger charge is -2.34. The molecule has 0 unspecified atom stereocenters. The predicted molar refractivity (Wildman–Crippen MR) is 134 cm³/mol. The standard InChI is InChI=1S/C27H28F2N4O4/c1-17(34)5-6-18-14-23(32-26(35)21-4-3-11-30-27(21)36-2)25(31-16-18)33-12-9-20(10-13-33)37-24-8-7-19(28)15-22(24)29/h3-4,7-8,11,14-16,20H,5-6,9-10,12-13H2,1-2H3,(H,32,35). The van der Waals surface area contributed by atoms with Crippen LogP contribution < -0.4 is 19.7 Å². The number of aromatic nitrogens is 2. The molecule has 0 radical (unpaired) electrons. The van der Waals surface area contributed by atoms with Crippen molar-refractivity contribution in [2.24, 2.45) is 0 Å². The number of anilines is 2. The first kappa shape index (κ1) is 26.0. The Balaban J connectivity index is 1.51. The number of ether oxygens (including phenoxy) is 2. The third kappa shape index (κ3) is 6.58. The molecule has 0 saturated carbocycles. The number of ketones is 1. The molecule has 1 amide bonds. The summed E-state index contributed by atoms with van der Waals surface area (Å²) in [6, 6.07) is 8.34. The average molecular weight is 511 g/mol. The van der Waals surface area contributed by atoms with Gasteiger partial charge in [-0.1, -0.05) is 0 Å². The fourth-order valence-corrected chi connectivity index (χ4v) is 4.15. The van der Waals surface area contributed by atoms with Gasteiger partial charge in [0.15, 0.2) is 17.4 Å². The Kier molecular flexibility index (Phi) is 8.27. The number of methoxy groups -OCH3 is 1. The molecule has 0 aliphatic carbocycles. The highest BCUT2D eigenvalue weighted by atomic mass is 19.1. The van der Waals surface area contributed by atoms with Crippen molar-refractivity contribution in [3.8, 4) is 11.6 Å². The van der Waals surface area contributed by atoms with Gasteiger partial charge in [0.05, 0.1) is 12.8 Å². The monoisotopic (exact) mass is 510 g/mol. The Labute approximate surface area is 213 Å². The van der Waals surface area contributed by atoms with Crippen LogP contribution in [-0.2, 0) is 11.2 Å². The van der Waals surface area contributed by atoms with Crippen molar-refractivity contribution in [1.29, 1.82) is 0 Å². The van der Waals surface area contributed by atoms with E-state index in [1.807, 2.05) is 11.0 Å². The summed E-state index contributed by atoms with van der Waals surface area (Å²) >= 11 is 0. The van der Waals surface area contributed by atoms with Gasteiger partial charge in [0.2, 0.25) is 5.88 Å². The van der Waals surface area contributed by atoms with Crippen LogP contribution in [0.4, 0.5) is 20.3 Å². The van der Waals surface area contributed by atoms with Crippen molar-refractivity contribution in [2.75, 3.05) is 30.4 Å². The maximum absolute atomic E-state index is 14.0. The van der Waals surface area contributed by atoms with Crippen molar-refractivity contribution in [3.63, 3.8) is 0 Å². The zero-order valence-electron chi connectivity index (χ0n) is 20.7. The van der Waals surface area contributed by atoms with E-state index in [0.29, 0.717) is 50.3 Å². The average Bonchev–Trinajstić information content (AvgIpc) is 2.89. The second-order valence-corrected chi connectivity index (χ2v) is 8.81. The molecule has 194 valence electrons. The highest BCUT2D eigenvalue weighted by Crippen LogP contribution is 2.30. The van der Waals surface area contributed by atoms with Gasteiger partial charge in [-0.25, -0.2) is 18.7 Å². The van der Waals surface area contributed by atoms with Crippen LogP contribution in [-0.4, -0.2) is 48.0 Å². The molecule has 10 heteroatoms. The number of piperidine rings is 1. The number of rotatable bonds is 9. The first-order chi connectivity index (χ1) is 17.8. The second kappa shape index (κ2) is 11.8. The van der Waals surface area contributed by atoms with Gasteiger partial charge in [0, 0.05) is 50.8 Å². The fourth-order valence-electron chi connectivity index (χ4n) is 4.15. The molecule has 1 aliphatic rings. The summed E-state index contributed by atoms with van der Waals surface area (Å²) in [7, 11) is 1.44. The van der Waals surface area contributed by atoms with Crippen molar-refractivity contribution in [3.05, 3.63) is 71.6 Å². The van der Waals surface area contributed by atoms with E-state index >= 15 is 0 Å². The Morgan fingerprint density at radius 1 is 1.14 bits per heavy atom. The number of carbonyl (C=O) groups excluding carboxylic acids is 2. The maximum Gasteiger partial charge on any atom is 0.261 e. The lowest BCUT2D eigenvalue weighted by molar-refractivity contribution is -0.116. The molecular formula is C27H28F2N4O4. The number of hydrogen-bond acceptors (Lipinski definition) is 7. The number of Topliss-reactive ketones (excluding diaryl/α,β-unsaturated/α-hetero) is 1. The Morgan fingerprint density at radius 3 is 2.62 bits per heavy atom. The van der Waals surface area contributed by atoms with E-state index in [0.717, 1.165) is 17.7 Å². The molecule has 4 rings (SSSR count). The number of carbonyl (C=O) groups is 2. The molecule has 1 aromatic carbocycles. The maximum atomic E-state index is 14.0. The Morgan fingerprint density at radius 2 is 1.92 bits per heavy atom. The van der Waals surface area contributed by atoms with E-state index in [-0.39, 0.29) is 29.1 Å². The number of nitrogens with one attached hydrogen (secondary N) is 1. The molecule has 1 aliphatic heterocycles. The molecule has 8 nitrogen and oxygen atoms in total. The summed E-state index contributed by atoms with van der Waals surface area (Å²) in [6.07, 6.45) is 5.02. The summed E-state index contributed by atoms with van der Waals surface area (Å²) in [5.41, 5.74) is 1.59. The van der Waals surface area contributed by atoms with Gasteiger partial charge in [-0.2, -0.15) is 0 Å². The van der Waals surface area contributed by atoms with E-state index in [2.05, 4.69) is 15.3 Å². The Hall–Kier alpha value is -4.08. The van der Waals surface area contributed by atoms with Gasteiger partial charge in [-0.15, -0.1) is 0 Å². The predicted octanol–water partition coefficient (Wildman–Crippen LogP) is 4.59. The number of pyridine rings is 2. The van der Waals surface area contributed by atoms with Crippen molar-refractivity contribution >= 4 is 23.2 Å². The van der Waals surface area contributed by atoms with Crippen LogP contribution >= 0.6 is 0 Å². The quantitative estimate of drug-likeness (QED) is 0.450. The van der Waals surface area contributed by atoms with Crippen LogP contribution in [0.1, 0.15) is 42.1 Å². The molecule has 0 bridgehead atoms. The second-order valence-electron chi connectivity index (χ2n) is 8.81. The smallest absolute Gasteiger partial charge is 0.261 e. The van der Waals surface area contributed by atoms with Gasteiger partial charge in [0.25, 0.3) is 5.91 Å². The summed E-state index contributed by atoms with van der Waals surface area (Å²) in [5, 5.41) is 2.93. The topological polar surface area (TPSA) is 93.6 Å². The van der Waals surface area contributed by atoms with Crippen LogP contribution in [0.5, 0.6) is 11.6 Å². The number of nitrogens with zero attached hydrogens (tertiary/aromatic N) is 3. The van der Waals surface area contributed by atoms with E-state index < -0.39 is 17.5 Å². The van der Waals surface area contributed by atoms with Crippen molar-refractivity contribution < 1.29 is 27.8 Å². The van der Waals surface area contributed by atoms with E-state index in [1.54, 1.807) is 18.3 Å². The zero-order valence-corrected chi connectivity index (χ0v) is 20.7. The summed E-state index contributed by atoms with van der Waals surface area (Å²) in [4.78, 5) is 35.3. The van der Waals surface area contributed by atoms with Gasteiger partial charge >= 0.3 is 0 Å². The number of halogens is 2. The normalized spacial score (nSPS) is 13.8. The highest BCUT2D eigenvalue weighted by Gasteiger charge is 2.25. The molecule has 0 atom stereocenters. The summed E-state index contributed by atoms with van der Waals surface area (Å²) in [5.74, 6) is -0.929. The third-order valence-corrected chi connectivity index (χ3v) is 6.08. The zero-order chi connectivity index (χ0) is 26.4. The number of amides is 1. The molecule has 1 N–H and O–H groups in total. The molecule has 3 aromatic rings. The Bertz CT molecular complexity index is 1280. The molecule has 0 spiro atoms. The first-order valence-corrected chi connectivity index (χ1v) is 12.0. The van der Waals surface area contributed by atoms with Crippen LogP contribution in [0.15, 0.2) is 48.8 Å². The molecule has 37 heavy (non-hydrogen) atoms. The largest absolute Gasteiger partial charge is 0.487 e. The molecule has 2 aromatic heterocycles. The molecule has 1 fully saturated rings. The minimum atomic E-state index is -0.735. The minimum absolute atomic E-state index is 0.0196. The third-order valence-electron chi connectivity index (χ3n) is 6.08. The van der Waals surface area contributed by atoms with Crippen molar-refractivity contribution in [1.82, 2.24) is 9.97 Å². The molecule has 3 heterocycles. The van der Waals surface area contributed by atoms with Gasteiger partial charge in [0.1, 0.15) is 23.3 Å². The van der Waals surface area contributed by atoms with E-state index in [4.69, 9.17) is 9.47 Å². The molecular weight excluding hydrogens is 482 g/mol. The van der Waals surface area contributed by atoms with Crippen LogP contribution in [0, 0.1) is 11.6 Å². The first-order valence-electron chi connectivity index (χ1n) is 12.0. The van der Waals surface area contributed by atoms with Gasteiger partial charge in [-0.3, -0.25) is 4.79 Å². The van der Waals surface area contributed by atoms with Crippen LogP contribution in [0.25, 0.3) is 0 Å². The summed E-state index contributed by atoms with van der Waals surface area (Å²) < 4.78 is 38.2. The number of hydrogen-bond donors (Lipinski definition) is 1. The van der Waals surface area contributed by atoms with Crippen LogP contribution in [0.3, 0.4) is 0 Å². The van der Waals surface area contributed by atoms with E-state index in [1.165, 1.54) is 26.3 Å².